The summed E-state index contributed by atoms with van der Waals surface area (Å²) in [6.07, 6.45) is 3.10. The number of rotatable bonds is 5. The van der Waals surface area contributed by atoms with Gasteiger partial charge in [0.1, 0.15) is 0 Å². The van der Waals surface area contributed by atoms with E-state index in [1.165, 1.54) is 0 Å². The Bertz CT molecular complexity index is 591. The van der Waals surface area contributed by atoms with Crippen molar-refractivity contribution < 1.29 is 8.42 Å². The summed E-state index contributed by atoms with van der Waals surface area (Å²) in [4.78, 5) is 0.379. The maximum atomic E-state index is 12.7. The van der Waals surface area contributed by atoms with Gasteiger partial charge in [-0.25, -0.2) is 13.1 Å². The van der Waals surface area contributed by atoms with Gasteiger partial charge in [0.2, 0.25) is 10.0 Å². The highest BCUT2D eigenvalue weighted by atomic mass is 32.2. The number of benzene rings is 1. The van der Waals surface area contributed by atoms with E-state index < -0.39 is 10.0 Å². The lowest BCUT2D eigenvalue weighted by molar-refractivity contribution is 0.554. The normalized spacial score (nSPS) is 22.6. The number of anilines is 1. The van der Waals surface area contributed by atoms with Crippen LogP contribution in [0.1, 0.15) is 37.3 Å². The molecule has 1 aliphatic carbocycles. The Hall–Kier alpha value is -0.720. The van der Waals surface area contributed by atoms with Crippen LogP contribution in [0.2, 0.25) is 0 Å². The minimum absolute atomic E-state index is 0.0382. The van der Waals surface area contributed by atoms with Gasteiger partial charge in [-0.2, -0.15) is 11.8 Å². The second-order valence-electron chi connectivity index (χ2n) is 5.64. The number of sulfonamides is 1. The second kappa shape index (κ2) is 6.58. The molecule has 4 nitrogen and oxygen atoms in total. The minimum atomic E-state index is -3.49. The molecular formula is C15H24N2O2S2. The molecule has 0 bridgehead atoms. The van der Waals surface area contributed by atoms with Gasteiger partial charge in [-0.1, -0.05) is 13.3 Å². The summed E-state index contributed by atoms with van der Waals surface area (Å²) in [5, 5.41) is 0.388. The summed E-state index contributed by atoms with van der Waals surface area (Å²) in [7, 11) is -3.49. The lowest BCUT2D eigenvalue weighted by Gasteiger charge is -2.21. The van der Waals surface area contributed by atoms with Crippen molar-refractivity contribution in [1.29, 1.82) is 0 Å². The molecule has 0 spiro atoms. The number of nitrogen functional groups attached to an aromatic ring is 1. The summed E-state index contributed by atoms with van der Waals surface area (Å²) in [6, 6.07) is 3.47. The zero-order chi connectivity index (χ0) is 15.6. The highest BCUT2D eigenvalue weighted by Crippen LogP contribution is 2.32. The van der Waals surface area contributed by atoms with Gasteiger partial charge in [-0.05, 0) is 55.7 Å². The van der Waals surface area contributed by atoms with Crippen molar-refractivity contribution in [2.45, 2.75) is 56.2 Å². The van der Waals surface area contributed by atoms with E-state index in [1.54, 1.807) is 26.0 Å². The number of thioether (sulfide) groups is 1. The van der Waals surface area contributed by atoms with Gasteiger partial charge in [0.15, 0.2) is 0 Å². The van der Waals surface area contributed by atoms with E-state index in [1.807, 2.05) is 11.8 Å². The molecule has 0 saturated heterocycles. The molecule has 0 amide bonds. The molecule has 0 aromatic heterocycles. The summed E-state index contributed by atoms with van der Waals surface area (Å²) >= 11 is 1.85. The number of aryl methyl sites for hydroxylation is 2. The van der Waals surface area contributed by atoms with Crippen molar-refractivity contribution in [2.75, 3.05) is 11.5 Å². The molecule has 21 heavy (non-hydrogen) atoms. The third-order valence-electron chi connectivity index (χ3n) is 3.89. The van der Waals surface area contributed by atoms with Crippen molar-refractivity contribution in [3.8, 4) is 0 Å². The van der Waals surface area contributed by atoms with Crippen LogP contribution in [-0.4, -0.2) is 25.5 Å². The van der Waals surface area contributed by atoms with Crippen LogP contribution in [0.25, 0.3) is 0 Å². The molecule has 0 aliphatic heterocycles. The number of nitrogens with two attached hydrogens (primary N) is 1. The lowest BCUT2D eigenvalue weighted by Crippen LogP contribution is -2.39. The molecule has 2 rings (SSSR count). The maximum Gasteiger partial charge on any atom is 0.241 e. The summed E-state index contributed by atoms with van der Waals surface area (Å²) in [5.41, 5.74) is 7.79. The quantitative estimate of drug-likeness (QED) is 0.815. The molecule has 118 valence electrons. The third-order valence-corrected chi connectivity index (χ3v) is 7.01. The van der Waals surface area contributed by atoms with Gasteiger partial charge in [0, 0.05) is 17.0 Å². The van der Waals surface area contributed by atoms with Crippen LogP contribution in [0.5, 0.6) is 0 Å². The summed E-state index contributed by atoms with van der Waals surface area (Å²) < 4.78 is 28.4. The molecule has 1 aliphatic rings. The Morgan fingerprint density at radius 2 is 1.90 bits per heavy atom. The van der Waals surface area contributed by atoms with E-state index in [9.17, 15) is 8.42 Å². The topological polar surface area (TPSA) is 72.2 Å². The summed E-state index contributed by atoms with van der Waals surface area (Å²) in [6.45, 7) is 5.71. The van der Waals surface area contributed by atoms with Crippen LogP contribution >= 0.6 is 11.8 Å². The zero-order valence-corrected chi connectivity index (χ0v) is 14.5. The fourth-order valence-electron chi connectivity index (χ4n) is 3.14. The minimum Gasteiger partial charge on any atom is -0.399 e. The van der Waals surface area contributed by atoms with Gasteiger partial charge < -0.3 is 5.73 Å². The molecule has 0 radical (unpaired) electrons. The Kier molecular flexibility index (Phi) is 5.22. The fourth-order valence-corrected chi connectivity index (χ4v) is 6.19. The molecular weight excluding hydrogens is 304 g/mol. The van der Waals surface area contributed by atoms with Crippen LogP contribution in [0.15, 0.2) is 17.0 Å². The third kappa shape index (κ3) is 3.73. The van der Waals surface area contributed by atoms with Crippen molar-refractivity contribution in [2.24, 2.45) is 0 Å². The standard InChI is InChI=1S/C15H24N2O2S2/c1-4-20-14-7-5-6-13(14)17-21(18,19)15-10(2)8-12(16)9-11(15)3/h8-9,13-14,17H,4-7,16H2,1-3H3. The van der Waals surface area contributed by atoms with E-state index in [4.69, 9.17) is 5.73 Å². The first-order chi connectivity index (χ1) is 9.85. The molecule has 1 aromatic carbocycles. The van der Waals surface area contributed by atoms with E-state index in [-0.39, 0.29) is 6.04 Å². The van der Waals surface area contributed by atoms with Gasteiger partial charge in [-0.3, -0.25) is 0 Å². The van der Waals surface area contributed by atoms with Crippen LogP contribution in [-0.2, 0) is 10.0 Å². The van der Waals surface area contributed by atoms with Crippen molar-refractivity contribution in [3.05, 3.63) is 23.3 Å². The van der Waals surface area contributed by atoms with E-state index >= 15 is 0 Å². The smallest absolute Gasteiger partial charge is 0.241 e. The predicted octanol–water partition coefficient (Wildman–Crippen LogP) is 2.84. The van der Waals surface area contributed by atoms with E-state index in [0.29, 0.717) is 27.0 Å². The molecule has 1 saturated carbocycles. The van der Waals surface area contributed by atoms with E-state index in [2.05, 4.69) is 11.6 Å². The molecule has 1 aromatic rings. The van der Waals surface area contributed by atoms with Crippen LogP contribution in [0, 0.1) is 13.8 Å². The van der Waals surface area contributed by atoms with Crippen molar-refractivity contribution >= 4 is 27.5 Å². The molecule has 1 fully saturated rings. The second-order valence-corrected chi connectivity index (χ2v) is 8.80. The average molecular weight is 329 g/mol. The Morgan fingerprint density at radius 3 is 2.48 bits per heavy atom. The van der Waals surface area contributed by atoms with Crippen LogP contribution in [0.3, 0.4) is 0 Å². The highest BCUT2D eigenvalue weighted by Gasteiger charge is 2.32. The largest absolute Gasteiger partial charge is 0.399 e. The number of nitrogens with one attached hydrogen (secondary N) is 1. The Labute approximate surface area is 131 Å². The fraction of sp³-hybridized carbons (Fsp3) is 0.600. The molecule has 3 N–H and O–H groups in total. The van der Waals surface area contributed by atoms with Gasteiger partial charge in [0.05, 0.1) is 4.90 Å². The highest BCUT2D eigenvalue weighted by molar-refractivity contribution is 8.00. The van der Waals surface area contributed by atoms with Crippen molar-refractivity contribution in [3.63, 3.8) is 0 Å². The predicted molar refractivity (Wildman–Crippen MR) is 90.2 cm³/mol. The van der Waals surface area contributed by atoms with E-state index in [0.717, 1.165) is 25.0 Å². The molecule has 6 heteroatoms. The monoisotopic (exact) mass is 328 g/mol. The van der Waals surface area contributed by atoms with Crippen molar-refractivity contribution in [1.82, 2.24) is 4.72 Å². The average Bonchev–Trinajstić information content (AvgIpc) is 2.74. The van der Waals surface area contributed by atoms with Gasteiger partial charge in [0.25, 0.3) is 0 Å². The SMILES string of the molecule is CCSC1CCCC1NS(=O)(=O)c1c(C)cc(N)cc1C. The first-order valence-electron chi connectivity index (χ1n) is 7.35. The first-order valence-corrected chi connectivity index (χ1v) is 9.89. The van der Waals surface area contributed by atoms with Crippen LogP contribution in [0.4, 0.5) is 5.69 Å². The number of hydrogen-bond acceptors (Lipinski definition) is 4. The van der Waals surface area contributed by atoms with Gasteiger partial charge in [-0.15, -0.1) is 0 Å². The Morgan fingerprint density at radius 1 is 1.29 bits per heavy atom. The first kappa shape index (κ1) is 16.6. The maximum absolute atomic E-state index is 12.7. The van der Waals surface area contributed by atoms with Crippen LogP contribution < -0.4 is 10.5 Å². The zero-order valence-electron chi connectivity index (χ0n) is 12.8. The number of hydrogen-bond donors (Lipinski definition) is 2. The van der Waals surface area contributed by atoms with Gasteiger partial charge >= 0.3 is 0 Å². The Balaban J connectivity index is 2.27. The molecule has 0 heterocycles. The molecule has 2 unspecified atom stereocenters. The molecule has 2 atom stereocenters. The summed E-state index contributed by atoms with van der Waals surface area (Å²) in [5.74, 6) is 1.02. The lowest BCUT2D eigenvalue weighted by atomic mass is 10.1.